The van der Waals surface area contributed by atoms with Gasteiger partial charge < -0.3 is 4.90 Å². The minimum absolute atomic E-state index is 0.133. The third-order valence-electron chi connectivity index (χ3n) is 4.98. The van der Waals surface area contributed by atoms with E-state index in [1.54, 1.807) is 16.2 Å². The van der Waals surface area contributed by atoms with E-state index < -0.39 is 0 Å². The fraction of sp³-hybridized carbons (Fsp3) is 0.500. The highest BCUT2D eigenvalue weighted by atomic mass is 32.1. The molecule has 25 heavy (non-hydrogen) atoms. The topological polar surface area (TPSA) is 53.5 Å². The van der Waals surface area contributed by atoms with E-state index in [1.807, 2.05) is 10.3 Å². The Morgan fingerprint density at radius 3 is 2.96 bits per heavy atom. The Kier molecular flexibility index (Phi) is 4.60. The van der Waals surface area contributed by atoms with Gasteiger partial charge in [0.1, 0.15) is 0 Å². The Hall–Kier alpha value is -1.73. The first-order chi connectivity index (χ1) is 12.2. The van der Waals surface area contributed by atoms with Crippen LogP contribution in [0.5, 0.6) is 0 Å². The molecule has 2 aromatic heterocycles. The lowest BCUT2D eigenvalue weighted by Gasteiger charge is -2.35. The zero-order valence-corrected chi connectivity index (χ0v) is 15.9. The van der Waals surface area contributed by atoms with Crippen LogP contribution >= 0.6 is 22.7 Å². The van der Waals surface area contributed by atoms with Crippen LogP contribution in [-0.4, -0.2) is 34.8 Å². The lowest BCUT2D eigenvalue weighted by molar-refractivity contribution is -0.133. The number of aromatic nitrogens is 1. The van der Waals surface area contributed by atoms with Crippen LogP contribution in [0.25, 0.3) is 0 Å². The molecular weight excluding hydrogens is 354 g/mol. The van der Waals surface area contributed by atoms with Crippen molar-refractivity contribution in [3.8, 4) is 0 Å². The number of carbonyl (C=O) groups excluding carboxylic acids is 2. The third kappa shape index (κ3) is 3.11. The van der Waals surface area contributed by atoms with Crippen molar-refractivity contribution < 1.29 is 9.59 Å². The lowest BCUT2D eigenvalue weighted by Crippen LogP contribution is -2.40. The van der Waals surface area contributed by atoms with Gasteiger partial charge in [-0.15, -0.1) is 22.7 Å². The van der Waals surface area contributed by atoms with E-state index in [9.17, 15) is 9.59 Å². The van der Waals surface area contributed by atoms with Crippen LogP contribution in [0.1, 0.15) is 48.4 Å². The molecule has 2 aliphatic heterocycles. The predicted molar refractivity (Wildman–Crippen MR) is 100 cm³/mol. The highest BCUT2D eigenvalue weighted by molar-refractivity contribution is 7.14. The van der Waals surface area contributed by atoms with Gasteiger partial charge in [0.25, 0.3) is 0 Å². The first-order valence-corrected chi connectivity index (χ1v) is 10.5. The van der Waals surface area contributed by atoms with Gasteiger partial charge in [-0.2, -0.15) is 0 Å². The molecule has 7 heteroatoms. The summed E-state index contributed by atoms with van der Waals surface area (Å²) in [5.41, 5.74) is 2.09. The van der Waals surface area contributed by atoms with Gasteiger partial charge in [-0.1, -0.05) is 6.92 Å². The number of hydrogen-bond donors (Lipinski definition) is 0. The summed E-state index contributed by atoms with van der Waals surface area (Å²) >= 11 is 3.25. The molecule has 2 amide bonds. The molecule has 2 aliphatic rings. The standard InChI is InChI=1S/C18H21N3O2S2/c1-2-14-13-6-9-24-15(13)5-8-20(14)17(23)10-12-11-25-18(19-12)21-7-3-4-16(21)22/h6,9,11,14H,2-5,7-8,10H2,1H3. The van der Waals surface area contributed by atoms with Crippen LogP contribution in [0.2, 0.25) is 0 Å². The second kappa shape index (κ2) is 6.88. The van der Waals surface area contributed by atoms with E-state index >= 15 is 0 Å². The zero-order valence-electron chi connectivity index (χ0n) is 14.2. The molecule has 0 saturated carbocycles. The van der Waals surface area contributed by atoms with Gasteiger partial charge in [0.15, 0.2) is 5.13 Å². The number of fused-ring (bicyclic) bond motifs is 1. The second-order valence-corrected chi connectivity index (χ2v) is 8.34. The fourth-order valence-electron chi connectivity index (χ4n) is 3.74. The number of carbonyl (C=O) groups is 2. The zero-order chi connectivity index (χ0) is 17.4. The molecule has 2 aromatic rings. The first-order valence-electron chi connectivity index (χ1n) is 8.78. The number of anilines is 1. The molecule has 0 radical (unpaired) electrons. The van der Waals surface area contributed by atoms with Gasteiger partial charge in [0, 0.05) is 29.8 Å². The van der Waals surface area contributed by atoms with Crippen molar-refractivity contribution in [2.45, 2.75) is 45.1 Å². The van der Waals surface area contributed by atoms with Crippen molar-refractivity contribution >= 4 is 39.6 Å². The monoisotopic (exact) mass is 375 g/mol. The van der Waals surface area contributed by atoms with Gasteiger partial charge >= 0.3 is 0 Å². The Morgan fingerprint density at radius 1 is 1.32 bits per heavy atom. The molecule has 132 valence electrons. The highest BCUT2D eigenvalue weighted by Gasteiger charge is 2.31. The molecule has 4 rings (SSSR count). The van der Waals surface area contributed by atoms with Crippen molar-refractivity contribution in [1.82, 2.24) is 9.88 Å². The minimum Gasteiger partial charge on any atom is -0.335 e. The van der Waals surface area contributed by atoms with Crippen LogP contribution in [0.3, 0.4) is 0 Å². The van der Waals surface area contributed by atoms with Gasteiger partial charge in [-0.05, 0) is 36.3 Å². The molecular formula is C18H21N3O2S2. The highest BCUT2D eigenvalue weighted by Crippen LogP contribution is 2.35. The van der Waals surface area contributed by atoms with E-state index in [-0.39, 0.29) is 17.9 Å². The maximum atomic E-state index is 12.9. The third-order valence-corrected chi connectivity index (χ3v) is 6.89. The van der Waals surface area contributed by atoms with Crippen molar-refractivity contribution in [3.05, 3.63) is 33.0 Å². The Labute approximate surface area is 155 Å². The summed E-state index contributed by atoms with van der Waals surface area (Å²) in [7, 11) is 0. The van der Waals surface area contributed by atoms with Gasteiger partial charge in [-0.3, -0.25) is 14.5 Å². The lowest BCUT2D eigenvalue weighted by atomic mass is 9.97. The largest absolute Gasteiger partial charge is 0.335 e. The summed E-state index contributed by atoms with van der Waals surface area (Å²) < 4.78 is 0. The molecule has 0 aliphatic carbocycles. The molecule has 5 nitrogen and oxygen atoms in total. The molecule has 0 aromatic carbocycles. The van der Waals surface area contributed by atoms with Crippen LogP contribution in [-0.2, 0) is 22.4 Å². The first kappa shape index (κ1) is 16.7. The molecule has 1 fully saturated rings. The number of amides is 2. The van der Waals surface area contributed by atoms with Gasteiger partial charge in [0.05, 0.1) is 18.2 Å². The average molecular weight is 376 g/mol. The molecule has 1 atom stereocenters. The predicted octanol–water partition coefficient (Wildman–Crippen LogP) is 3.41. The maximum absolute atomic E-state index is 12.9. The number of rotatable bonds is 4. The second-order valence-electron chi connectivity index (χ2n) is 6.51. The Balaban J connectivity index is 1.47. The maximum Gasteiger partial charge on any atom is 0.229 e. The van der Waals surface area contributed by atoms with E-state index in [0.717, 1.165) is 43.2 Å². The van der Waals surface area contributed by atoms with Crippen molar-refractivity contribution in [2.75, 3.05) is 18.0 Å². The normalized spacial score (nSPS) is 20.2. The minimum atomic E-state index is 0.133. The van der Waals surface area contributed by atoms with Crippen molar-refractivity contribution in [1.29, 1.82) is 0 Å². The van der Waals surface area contributed by atoms with E-state index in [1.165, 1.54) is 21.8 Å². The Bertz CT molecular complexity index is 798. The van der Waals surface area contributed by atoms with Gasteiger partial charge in [-0.25, -0.2) is 4.98 Å². The van der Waals surface area contributed by atoms with E-state index in [4.69, 9.17) is 0 Å². The quantitative estimate of drug-likeness (QED) is 0.823. The number of hydrogen-bond acceptors (Lipinski definition) is 5. The number of thiazole rings is 1. The van der Waals surface area contributed by atoms with Gasteiger partial charge in [0.2, 0.25) is 11.8 Å². The molecule has 1 saturated heterocycles. The summed E-state index contributed by atoms with van der Waals surface area (Å²) in [6.45, 7) is 3.66. The Morgan fingerprint density at radius 2 is 2.20 bits per heavy atom. The van der Waals surface area contributed by atoms with Crippen LogP contribution < -0.4 is 4.90 Å². The van der Waals surface area contributed by atoms with Crippen LogP contribution in [0.4, 0.5) is 5.13 Å². The van der Waals surface area contributed by atoms with Crippen molar-refractivity contribution in [3.63, 3.8) is 0 Å². The van der Waals surface area contributed by atoms with Crippen molar-refractivity contribution in [2.24, 2.45) is 0 Å². The fourth-order valence-corrected chi connectivity index (χ4v) is 5.54. The number of nitrogens with zero attached hydrogens (tertiary/aromatic N) is 3. The molecule has 0 bridgehead atoms. The van der Waals surface area contributed by atoms with E-state index in [0.29, 0.717) is 12.8 Å². The van der Waals surface area contributed by atoms with Crippen LogP contribution in [0.15, 0.2) is 16.8 Å². The molecule has 0 spiro atoms. The SMILES string of the molecule is CCC1c2ccsc2CCN1C(=O)Cc1csc(N2CCCC2=O)n1. The summed E-state index contributed by atoms with van der Waals surface area (Å²) in [6, 6.07) is 2.34. The average Bonchev–Trinajstić information content (AvgIpc) is 3.33. The molecule has 1 unspecified atom stereocenters. The molecule has 0 N–H and O–H groups in total. The summed E-state index contributed by atoms with van der Waals surface area (Å²) in [5.74, 6) is 0.271. The van der Waals surface area contributed by atoms with E-state index in [2.05, 4.69) is 23.4 Å². The smallest absolute Gasteiger partial charge is 0.229 e. The summed E-state index contributed by atoms with van der Waals surface area (Å²) in [4.78, 5) is 34.4. The van der Waals surface area contributed by atoms with Crippen LogP contribution in [0, 0.1) is 0 Å². The molecule has 4 heterocycles. The number of thiophene rings is 1. The summed E-state index contributed by atoms with van der Waals surface area (Å²) in [5, 5.41) is 4.77. The summed E-state index contributed by atoms with van der Waals surface area (Å²) in [6.07, 6.45) is 3.68.